The fourth-order valence-corrected chi connectivity index (χ4v) is 2.64. The lowest BCUT2D eigenvalue weighted by Crippen LogP contribution is -2.36. The second-order valence-corrected chi connectivity index (χ2v) is 4.75. The van der Waals surface area contributed by atoms with Crippen LogP contribution in [0.1, 0.15) is 36.0 Å². The van der Waals surface area contributed by atoms with Crippen molar-refractivity contribution in [2.45, 2.75) is 40.0 Å². The SMILES string of the molecule is Cc1cc(C)c(N2CCCCC2=O)c(C)c1. The molecule has 0 saturated carbocycles. The van der Waals surface area contributed by atoms with E-state index in [-0.39, 0.29) is 5.91 Å². The average molecular weight is 217 g/mol. The van der Waals surface area contributed by atoms with Crippen LogP contribution >= 0.6 is 0 Å². The molecule has 1 aliphatic rings. The summed E-state index contributed by atoms with van der Waals surface area (Å²) in [5, 5.41) is 0. The number of piperidine rings is 1. The van der Waals surface area contributed by atoms with Gasteiger partial charge in [0, 0.05) is 18.7 Å². The Kier molecular flexibility index (Phi) is 2.99. The molecule has 0 unspecified atom stereocenters. The lowest BCUT2D eigenvalue weighted by atomic mass is 10.0. The first-order valence-electron chi connectivity index (χ1n) is 5.98. The molecule has 0 aromatic heterocycles. The highest BCUT2D eigenvalue weighted by Gasteiger charge is 2.22. The van der Waals surface area contributed by atoms with E-state index < -0.39 is 0 Å². The zero-order valence-electron chi connectivity index (χ0n) is 10.3. The summed E-state index contributed by atoms with van der Waals surface area (Å²) in [4.78, 5) is 13.9. The number of hydrogen-bond acceptors (Lipinski definition) is 1. The molecule has 1 heterocycles. The van der Waals surface area contributed by atoms with Crippen molar-refractivity contribution in [3.8, 4) is 0 Å². The maximum Gasteiger partial charge on any atom is 0.226 e. The molecule has 1 aromatic carbocycles. The molecule has 1 saturated heterocycles. The molecule has 0 spiro atoms. The van der Waals surface area contributed by atoms with Gasteiger partial charge in [-0.25, -0.2) is 0 Å². The molecule has 0 aliphatic carbocycles. The minimum Gasteiger partial charge on any atom is -0.312 e. The highest BCUT2D eigenvalue weighted by Crippen LogP contribution is 2.29. The Hall–Kier alpha value is -1.31. The van der Waals surface area contributed by atoms with Crippen molar-refractivity contribution in [1.82, 2.24) is 0 Å². The van der Waals surface area contributed by atoms with Crippen molar-refractivity contribution in [3.63, 3.8) is 0 Å². The Morgan fingerprint density at radius 1 is 1.06 bits per heavy atom. The third-order valence-electron chi connectivity index (χ3n) is 3.23. The molecule has 0 radical (unpaired) electrons. The fraction of sp³-hybridized carbons (Fsp3) is 0.500. The van der Waals surface area contributed by atoms with Gasteiger partial charge in [-0.2, -0.15) is 0 Å². The van der Waals surface area contributed by atoms with E-state index in [9.17, 15) is 4.79 Å². The highest BCUT2D eigenvalue weighted by atomic mass is 16.2. The molecule has 1 fully saturated rings. The summed E-state index contributed by atoms with van der Waals surface area (Å²) < 4.78 is 0. The summed E-state index contributed by atoms with van der Waals surface area (Å²) in [6.45, 7) is 7.17. The molecule has 2 rings (SSSR count). The van der Waals surface area contributed by atoms with Gasteiger partial charge in [0.05, 0.1) is 0 Å². The lowest BCUT2D eigenvalue weighted by molar-refractivity contribution is -0.119. The van der Waals surface area contributed by atoms with E-state index in [0.717, 1.165) is 25.1 Å². The van der Waals surface area contributed by atoms with Crippen LogP contribution in [-0.4, -0.2) is 12.5 Å². The number of carbonyl (C=O) groups is 1. The van der Waals surface area contributed by atoms with Crippen LogP contribution in [0.3, 0.4) is 0 Å². The first-order chi connectivity index (χ1) is 7.59. The lowest BCUT2D eigenvalue weighted by Gasteiger charge is -2.29. The van der Waals surface area contributed by atoms with Crippen LogP contribution in [0.2, 0.25) is 0 Å². The number of aryl methyl sites for hydroxylation is 3. The van der Waals surface area contributed by atoms with E-state index in [1.807, 2.05) is 4.90 Å². The van der Waals surface area contributed by atoms with Gasteiger partial charge >= 0.3 is 0 Å². The fourth-order valence-electron chi connectivity index (χ4n) is 2.64. The van der Waals surface area contributed by atoms with Crippen molar-refractivity contribution in [3.05, 3.63) is 28.8 Å². The number of hydrogen-bond donors (Lipinski definition) is 0. The van der Waals surface area contributed by atoms with Gasteiger partial charge in [0.15, 0.2) is 0 Å². The van der Waals surface area contributed by atoms with Crippen LogP contribution in [0.15, 0.2) is 12.1 Å². The average Bonchev–Trinajstić information content (AvgIpc) is 2.19. The van der Waals surface area contributed by atoms with Gasteiger partial charge in [0.2, 0.25) is 5.91 Å². The van der Waals surface area contributed by atoms with E-state index in [2.05, 4.69) is 32.9 Å². The molecule has 1 aliphatic heterocycles. The van der Waals surface area contributed by atoms with Crippen molar-refractivity contribution < 1.29 is 4.79 Å². The van der Waals surface area contributed by atoms with E-state index in [0.29, 0.717) is 6.42 Å². The number of carbonyl (C=O) groups excluding carboxylic acids is 1. The topological polar surface area (TPSA) is 20.3 Å². The van der Waals surface area contributed by atoms with Gasteiger partial charge in [-0.1, -0.05) is 17.7 Å². The largest absolute Gasteiger partial charge is 0.312 e. The highest BCUT2D eigenvalue weighted by molar-refractivity contribution is 5.95. The summed E-state index contributed by atoms with van der Waals surface area (Å²) >= 11 is 0. The van der Waals surface area contributed by atoms with Crippen molar-refractivity contribution in [2.24, 2.45) is 0 Å². The zero-order valence-corrected chi connectivity index (χ0v) is 10.3. The minimum atomic E-state index is 0.279. The molecular formula is C14H19NO. The molecule has 16 heavy (non-hydrogen) atoms. The van der Waals surface area contributed by atoms with Gasteiger partial charge in [-0.05, 0) is 44.7 Å². The van der Waals surface area contributed by atoms with Crippen molar-refractivity contribution in [2.75, 3.05) is 11.4 Å². The molecular weight excluding hydrogens is 198 g/mol. The van der Waals surface area contributed by atoms with Crippen LogP contribution < -0.4 is 4.90 Å². The standard InChI is InChI=1S/C14H19NO/c1-10-8-11(2)14(12(3)9-10)15-7-5-4-6-13(15)16/h8-9H,4-7H2,1-3H3. The minimum absolute atomic E-state index is 0.279. The van der Waals surface area contributed by atoms with E-state index >= 15 is 0 Å². The smallest absolute Gasteiger partial charge is 0.226 e. The van der Waals surface area contributed by atoms with Crippen LogP contribution in [0.25, 0.3) is 0 Å². The summed E-state index contributed by atoms with van der Waals surface area (Å²) in [6.07, 6.45) is 2.87. The first-order valence-corrected chi connectivity index (χ1v) is 5.98. The molecule has 86 valence electrons. The van der Waals surface area contributed by atoms with E-state index in [1.54, 1.807) is 0 Å². The maximum atomic E-state index is 11.9. The Bertz CT molecular complexity index is 400. The van der Waals surface area contributed by atoms with Crippen LogP contribution in [-0.2, 0) is 4.79 Å². The predicted octanol–water partition coefficient (Wildman–Crippen LogP) is 3.13. The van der Waals surface area contributed by atoms with Crippen molar-refractivity contribution >= 4 is 11.6 Å². The van der Waals surface area contributed by atoms with Gasteiger partial charge < -0.3 is 4.90 Å². The van der Waals surface area contributed by atoms with Gasteiger partial charge in [0.25, 0.3) is 0 Å². The Morgan fingerprint density at radius 3 is 2.25 bits per heavy atom. The Balaban J connectivity index is 2.42. The third-order valence-corrected chi connectivity index (χ3v) is 3.23. The first kappa shape index (κ1) is 11.2. The second kappa shape index (κ2) is 4.28. The van der Waals surface area contributed by atoms with Crippen LogP contribution in [0, 0.1) is 20.8 Å². The Morgan fingerprint density at radius 2 is 1.69 bits per heavy atom. The second-order valence-electron chi connectivity index (χ2n) is 4.75. The third kappa shape index (κ3) is 1.97. The van der Waals surface area contributed by atoms with E-state index in [4.69, 9.17) is 0 Å². The predicted molar refractivity (Wildman–Crippen MR) is 66.9 cm³/mol. The monoisotopic (exact) mass is 217 g/mol. The number of benzene rings is 1. The quantitative estimate of drug-likeness (QED) is 0.707. The summed E-state index contributed by atoms with van der Waals surface area (Å²) in [6, 6.07) is 4.31. The maximum absolute atomic E-state index is 11.9. The van der Waals surface area contributed by atoms with Gasteiger partial charge in [0.1, 0.15) is 0 Å². The molecule has 1 aromatic rings. The normalized spacial score (nSPS) is 16.7. The number of anilines is 1. The molecule has 2 heteroatoms. The molecule has 2 nitrogen and oxygen atoms in total. The van der Waals surface area contributed by atoms with Crippen molar-refractivity contribution in [1.29, 1.82) is 0 Å². The van der Waals surface area contributed by atoms with Gasteiger partial charge in [-0.15, -0.1) is 0 Å². The molecule has 0 atom stereocenters. The summed E-state index contributed by atoms with van der Waals surface area (Å²) in [5.41, 5.74) is 4.83. The van der Waals surface area contributed by atoms with E-state index in [1.165, 1.54) is 16.7 Å². The number of nitrogens with zero attached hydrogens (tertiary/aromatic N) is 1. The molecule has 0 bridgehead atoms. The summed E-state index contributed by atoms with van der Waals surface area (Å²) in [7, 11) is 0. The molecule has 0 N–H and O–H groups in total. The summed E-state index contributed by atoms with van der Waals surface area (Å²) in [5.74, 6) is 0.279. The number of amides is 1. The van der Waals surface area contributed by atoms with Crippen LogP contribution in [0.4, 0.5) is 5.69 Å². The van der Waals surface area contributed by atoms with Crippen LogP contribution in [0.5, 0.6) is 0 Å². The number of rotatable bonds is 1. The zero-order chi connectivity index (χ0) is 11.7. The van der Waals surface area contributed by atoms with Gasteiger partial charge in [-0.3, -0.25) is 4.79 Å². The molecule has 1 amide bonds. The Labute approximate surface area is 97.3 Å².